The number of anilines is 1. The summed E-state index contributed by atoms with van der Waals surface area (Å²) in [6.07, 6.45) is -1.22. The summed E-state index contributed by atoms with van der Waals surface area (Å²) < 4.78 is 11.2. The second kappa shape index (κ2) is 13.1. The van der Waals surface area contributed by atoms with Gasteiger partial charge in [-0.15, -0.1) is 0 Å². The van der Waals surface area contributed by atoms with Gasteiger partial charge in [-0.3, -0.25) is 4.79 Å². The molecule has 0 saturated carbocycles. The molecule has 2 aromatic carbocycles. The first-order valence-electron chi connectivity index (χ1n) is 13.8. The van der Waals surface area contributed by atoms with E-state index in [1.165, 1.54) is 11.8 Å². The van der Waals surface area contributed by atoms with E-state index in [9.17, 15) is 25.4 Å². The van der Waals surface area contributed by atoms with Crippen LogP contribution in [0.3, 0.4) is 0 Å². The molecule has 9 nitrogen and oxygen atoms in total. The summed E-state index contributed by atoms with van der Waals surface area (Å²) in [6, 6.07) is 16.4. The van der Waals surface area contributed by atoms with Crippen LogP contribution in [0.4, 0.5) is 5.69 Å². The standard InChI is InChI=1S/C31H37N3O6/c1-4-13-34(14-5-2)23-10-9-19-15-21(8-7-20(19)16-23)26-12-11-24(39-26)17-22(18-32)30(37)33-27-29(36)28(35)25(6-3)40-31(27)38/h7-12,15-17,25,27-29,31,35-36,38H,4-6,13-14H2,1-3H3,(H,33,37)/b22-17+/t25-,27-,28-,29-,31?/m1/s1. The SMILES string of the molecule is CCCN(CCC)c1ccc2cc(-c3ccc(/C=C(\C#N)C(=O)N[C@H]4C(O)O[C@H](CC)[C@@H](O)[C@@H]4O)o3)ccc2c1. The van der Waals surface area contributed by atoms with Crippen LogP contribution in [-0.4, -0.2) is 65.0 Å². The Morgan fingerprint density at radius 1 is 1.00 bits per heavy atom. The number of nitrogens with one attached hydrogen (secondary N) is 1. The van der Waals surface area contributed by atoms with E-state index in [4.69, 9.17) is 9.15 Å². The highest BCUT2D eigenvalue weighted by atomic mass is 16.6. The number of hydrogen-bond acceptors (Lipinski definition) is 8. The summed E-state index contributed by atoms with van der Waals surface area (Å²) in [4.78, 5) is 15.2. The number of rotatable bonds is 10. The second-order valence-electron chi connectivity index (χ2n) is 10.1. The summed E-state index contributed by atoms with van der Waals surface area (Å²) in [7, 11) is 0. The van der Waals surface area contributed by atoms with Gasteiger partial charge in [-0.2, -0.15) is 5.26 Å². The lowest BCUT2D eigenvalue weighted by molar-refractivity contribution is -0.247. The molecule has 4 rings (SSSR count). The molecule has 9 heteroatoms. The largest absolute Gasteiger partial charge is 0.457 e. The van der Waals surface area contributed by atoms with Crippen molar-refractivity contribution >= 4 is 28.4 Å². The van der Waals surface area contributed by atoms with Gasteiger partial charge in [-0.1, -0.05) is 39.0 Å². The number of aliphatic hydroxyl groups excluding tert-OH is 3. The molecule has 0 bridgehead atoms. The molecule has 1 aliphatic heterocycles. The van der Waals surface area contributed by atoms with Crippen LogP contribution in [0.2, 0.25) is 0 Å². The lowest BCUT2D eigenvalue weighted by atomic mass is 9.95. The fraction of sp³-hybridized carbons (Fsp3) is 0.419. The highest BCUT2D eigenvalue weighted by Gasteiger charge is 2.44. The third kappa shape index (κ3) is 6.37. The maximum absolute atomic E-state index is 12.8. The number of benzene rings is 2. The quantitative estimate of drug-likeness (QED) is 0.221. The van der Waals surface area contributed by atoms with Gasteiger partial charge in [0.05, 0.1) is 6.10 Å². The van der Waals surface area contributed by atoms with E-state index in [-0.39, 0.29) is 5.57 Å². The maximum Gasteiger partial charge on any atom is 0.262 e. The molecule has 0 aliphatic carbocycles. The van der Waals surface area contributed by atoms with Gasteiger partial charge < -0.3 is 34.7 Å². The van der Waals surface area contributed by atoms with E-state index in [2.05, 4.69) is 48.3 Å². The Hall–Kier alpha value is -3.68. The van der Waals surface area contributed by atoms with E-state index in [1.54, 1.807) is 19.1 Å². The Labute approximate surface area is 234 Å². The second-order valence-corrected chi connectivity index (χ2v) is 10.1. The third-order valence-electron chi connectivity index (χ3n) is 7.16. The highest BCUT2D eigenvalue weighted by Crippen LogP contribution is 2.30. The van der Waals surface area contributed by atoms with E-state index in [0.717, 1.165) is 42.3 Å². The first-order valence-corrected chi connectivity index (χ1v) is 13.8. The van der Waals surface area contributed by atoms with Crippen molar-refractivity contribution in [1.29, 1.82) is 5.26 Å². The van der Waals surface area contributed by atoms with Gasteiger partial charge >= 0.3 is 0 Å². The molecule has 0 spiro atoms. The van der Waals surface area contributed by atoms with Crippen LogP contribution in [0.5, 0.6) is 0 Å². The molecule has 1 fully saturated rings. The maximum atomic E-state index is 12.8. The number of aliphatic hydroxyl groups is 3. The van der Waals surface area contributed by atoms with Crippen LogP contribution >= 0.6 is 0 Å². The average molecular weight is 548 g/mol. The highest BCUT2D eigenvalue weighted by molar-refractivity contribution is 6.01. The monoisotopic (exact) mass is 547 g/mol. The molecule has 1 amide bonds. The van der Waals surface area contributed by atoms with E-state index < -0.39 is 36.6 Å². The van der Waals surface area contributed by atoms with Gasteiger partial charge in [-0.05, 0) is 60.4 Å². The molecule has 212 valence electrons. The fourth-order valence-corrected chi connectivity index (χ4v) is 5.04. The van der Waals surface area contributed by atoms with E-state index in [1.807, 2.05) is 18.2 Å². The predicted octanol–water partition coefficient (Wildman–Crippen LogP) is 3.97. The van der Waals surface area contributed by atoms with Gasteiger partial charge in [0.15, 0.2) is 6.29 Å². The number of hydrogen-bond donors (Lipinski definition) is 4. The Bertz CT molecular complexity index is 1390. The van der Waals surface area contributed by atoms with Gasteiger partial charge in [0.25, 0.3) is 5.91 Å². The molecule has 5 atom stereocenters. The van der Waals surface area contributed by atoms with Crippen molar-refractivity contribution in [1.82, 2.24) is 5.32 Å². The molecule has 3 aromatic rings. The number of ether oxygens (including phenoxy) is 1. The van der Waals surface area contributed by atoms with Crippen LogP contribution in [0, 0.1) is 11.3 Å². The van der Waals surface area contributed by atoms with Crippen molar-refractivity contribution in [3.63, 3.8) is 0 Å². The lowest BCUT2D eigenvalue weighted by Crippen LogP contribution is -2.63. The van der Waals surface area contributed by atoms with Crippen LogP contribution in [0.1, 0.15) is 45.8 Å². The van der Waals surface area contributed by atoms with Crippen molar-refractivity contribution in [3.8, 4) is 17.4 Å². The smallest absolute Gasteiger partial charge is 0.262 e. The van der Waals surface area contributed by atoms with Crippen LogP contribution < -0.4 is 10.2 Å². The molecular weight excluding hydrogens is 510 g/mol. The van der Waals surface area contributed by atoms with Crippen LogP contribution in [-0.2, 0) is 9.53 Å². The minimum Gasteiger partial charge on any atom is -0.457 e. The van der Waals surface area contributed by atoms with E-state index >= 15 is 0 Å². The molecule has 2 heterocycles. The number of nitriles is 1. The number of fused-ring (bicyclic) bond motifs is 1. The molecule has 1 aromatic heterocycles. The zero-order chi connectivity index (χ0) is 28.8. The molecule has 1 saturated heterocycles. The Morgan fingerprint density at radius 2 is 1.70 bits per heavy atom. The minimum atomic E-state index is -1.53. The van der Waals surface area contributed by atoms with Crippen molar-refractivity contribution in [2.45, 2.75) is 70.7 Å². The zero-order valence-corrected chi connectivity index (χ0v) is 23.1. The minimum absolute atomic E-state index is 0.290. The summed E-state index contributed by atoms with van der Waals surface area (Å²) >= 11 is 0. The Morgan fingerprint density at radius 3 is 2.38 bits per heavy atom. The van der Waals surface area contributed by atoms with Gasteiger partial charge in [0.2, 0.25) is 0 Å². The van der Waals surface area contributed by atoms with Crippen LogP contribution in [0.15, 0.2) is 58.5 Å². The third-order valence-corrected chi connectivity index (χ3v) is 7.16. The van der Waals surface area contributed by atoms with Crippen molar-refractivity contribution in [3.05, 3.63) is 59.9 Å². The summed E-state index contributed by atoms with van der Waals surface area (Å²) in [5.74, 6) is 0.0313. The number of nitrogens with zero attached hydrogens (tertiary/aromatic N) is 2. The molecule has 40 heavy (non-hydrogen) atoms. The molecule has 4 N–H and O–H groups in total. The Balaban J connectivity index is 1.50. The average Bonchev–Trinajstić information content (AvgIpc) is 3.43. The predicted molar refractivity (Wildman–Crippen MR) is 153 cm³/mol. The van der Waals surface area contributed by atoms with Crippen molar-refractivity contribution in [2.75, 3.05) is 18.0 Å². The van der Waals surface area contributed by atoms with Gasteiger partial charge in [0.1, 0.15) is 41.4 Å². The number of carbonyl (C=O) groups is 1. The molecule has 1 unspecified atom stereocenters. The van der Waals surface area contributed by atoms with Crippen molar-refractivity contribution in [2.24, 2.45) is 0 Å². The first kappa shape index (κ1) is 29.3. The molecule has 1 aliphatic rings. The van der Waals surface area contributed by atoms with Gasteiger partial charge in [-0.25, -0.2) is 0 Å². The van der Waals surface area contributed by atoms with E-state index in [0.29, 0.717) is 17.9 Å². The summed E-state index contributed by atoms with van der Waals surface area (Å²) in [5.41, 5.74) is 1.77. The molecular formula is C31H37N3O6. The first-order chi connectivity index (χ1) is 19.3. The normalized spacial score (nSPS) is 23.1. The number of furan rings is 1. The number of carbonyl (C=O) groups excluding carboxylic acids is 1. The Kier molecular flexibility index (Phi) is 9.61. The lowest BCUT2D eigenvalue weighted by Gasteiger charge is -2.40. The van der Waals surface area contributed by atoms with Gasteiger partial charge in [0, 0.05) is 30.4 Å². The van der Waals surface area contributed by atoms with Crippen molar-refractivity contribution < 1.29 is 29.3 Å². The van der Waals surface area contributed by atoms with Crippen LogP contribution in [0.25, 0.3) is 28.2 Å². The fourth-order valence-electron chi connectivity index (χ4n) is 5.04. The zero-order valence-electron chi connectivity index (χ0n) is 23.1. The topological polar surface area (TPSA) is 139 Å². The number of amides is 1. The summed E-state index contributed by atoms with van der Waals surface area (Å²) in [6.45, 7) is 8.13. The molecule has 0 radical (unpaired) electrons. The summed E-state index contributed by atoms with van der Waals surface area (Å²) in [5, 5.41) is 45.0.